The number of hydrogen-bond acceptors (Lipinski definition) is 2. The fourth-order valence-electron chi connectivity index (χ4n) is 4.81. The summed E-state index contributed by atoms with van der Waals surface area (Å²) in [5, 5.41) is 0. The fraction of sp³-hybridized carbons (Fsp3) is 0.480. The molecule has 1 atom stereocenters. The number of carbonyl (C=O) groups excluding carboxylic acids is 1. The molecule has 0 N–H and O–H groups in total. The number of hydrogen-bond donors (Lipinski definition) is 0. The minimum Gasteiger partial charge on any atom is -0.342 e. The van der Waals surface area contributed by atoms with Gasteiger partial charge in [0.25, 0.3) is 0 Å². The highest BCUT2D eigenvalue weighted by Gasteiger charge is 2.31. The predicted octanol–water partition coefficient (Wildman–Crippen LogP) is 4.38. The van der Waals surface area contributed by atoms with Crippen molar-refractivity contribution in [1.29, 1.82) is 0 Å². The Hall–Kier alpha value is -2.13. The highest BCUT2D eigenvalue weighted by atomic mass is 16.2. The Morgan fingerprint density at radius 2 is 1.46 bits per heavy atom. The van der Waals surface area contributed by atoms with Gasteiger partial charge in [-0.1, -0.05) is 60.7 Å². The summed E-state index contributed by atoms with van der Waals surface area (Å²) < 4.78 is 0. The van der Waals surface area contributed by atoms with Crippen LogP contribution in [0.3, 0.4) is 0 Å². The maximum absolute atomic E-state index is 13.1. The summed E-state index contributed by atoms with van der Waals surface area (Å²) in [6.45, 7) is 4.86. The van der Waals surface area contributed by atoms with Crippen LogP contribution < -0.4 is 0 Å². The molecule has 2 heterocycles. The molecule has 1 amide bonds. The standard InChI is InChI=1S/C25H32N2O/c28-25(24-12-7-15-26(20-24)19-23-10-5-2-6-11-23)27-16-13-22(14-17-27)18-21-8-3-1-4-9-21/h1-6,8-11,22,24H,7,12-20H2/t24-/m1/s1. The molecule has 0 radical (unpaired) electrons. The average molecular weight is 377 g/mol. The third-order valence-electron chi connectivity index (χ3n) is 6.40. The van der Waals surface area contributed by atoms with Gasteiger partial charge in [0.2, 0.25) is 5.91 Å². The van der Waals surface area contributed by atoms with E-state index < -0.39 is 0 Å². The monoisotopic (exact) mass is 376 g/mol. The normalized spacial score (nSPS) is 21.6. The smallest absolute Gasteiger partial charge is 0.226 e. The van der Waals surface area contributed by atoms with Crippen molar-refractivity contribution in [1.82, 2.24) is 9.80 Å². The van der Waals surface area contributed by atoms with Crippen LogP contribution in [-0.4, -0.2) is 41.9 Å². The summed E-state index contributed by atoms with van der Waals surface area (Å²) in [7, 11) is 0. The minimum absolute atomic E-state index is 0.183. The lowest BCUT2D eigenvalue weighted by atomic mass is 9.89. The summed E-state index contributed by atoms with van der Waals surface area (Å²) in [6, 6.07) is 21.4. The molecule has 2 aromatic rings. The zero-order valence-electron chi connectivity index (χ0n) is 16.8. The van der Waals surface area contributed by atoms with Gasteiger partial charge in [0, 0.05) is 26.2 Å². The van der Waals surface area contributed by atoms with Crippen LogP contribution in [0.2, 0.25) is 0 Å². The van der Waals surface area contributed by atoms with E-state index in [-0.39, 0.29) is 5.92 Å². The Bertz CT molecular complexity index is 738. The third kappa shape index (κ3) is 5.02. The number of piperidine rings is 2. The maximum atomic E-state index is 13.1. The van der Waals surface area contributed by atoms with Crippen LogP contribution in [0, 0.1) is 11.8 Å². The molecule has 2 aliphatic rings. The Labute approximate surface area is 169 Å². The number of rotatable bonds is 5. The van der Waals surface area contributed by atoms with Crippen LogP contribution in [0.4, 0.5) is 0 Å². The van der Waals surface area contributed by atoms with Gasteiger partial charge < -0.3 is 4.90 Å². The van der Waals surface area contributed by atoms with E-state index in [1.807, 2.05) is 0 Å². The van der Waals surface area contributed by atoms with Crippen molar-refractivity contribution < 1.29 is 4.79 Å². The third-order valence-corrected chi connectivity index (χ3v) is 6.40. The van der Waals surface area contributed by atoms with Crippen molar-refractivity contribution in [2.45, 2.75) is 38.6 Å². The van der Waals surface area contributed by atoms with Crippen LogP contribution in [-0.2, 0) is 17.8 Å². The van der Waals surface area contributed by atoms with Crippen molar-refractivity contribution in [2.75, 3.05) is 26.2 Å². The molecule has 0 spiro atoms. The molecule has 0 unspecified atom stereocenters. The molecule has 4 rings (SSSR count). The van der Waals surface area contributed by atoms with E-state index in [0.717, 1.165) is 64.8 Å². The molecule has 2 fully saturated rings. The minimum atomic E-state index is 0.183. The van der Waals surface area contributed by atoms with E-state index in [9.17, 15) is 4.79 Å². The molecule has 0 aromatic heterocycles. The first-order chi connectivity index (χ1) is 13.8. The second-order valence-electron chi connectivity index (χ2n) is 8.52. The number of amides is 1. The summed E-state index contributed by atoms with van der Waals surface area (Å²) in [5.41, 5.74) is 2.77. The number of likely N-dealkylation sites (tertiary alicyclic amines) is 2. The van der Waals surface area contributed by atoms with Gasteiger partial charge in [-0.25, -0.2) is 0 Å². The topological polar surface area (TPSA) is 23.6 Å². The molecule has 28 heavy (non-hydrogen) atoms. The van der Waals surface area contributed by atoms with Crippen molar-refractivity contribution in [3.8, 4) is 0 Å². The first-order valence-electron chi connectivity index (χ1n) is 10.9. The molecule has 0 bridgehead atoms. The van der Waals surface area contributed by atoms with Crippen LogP contribution in [0.5, 0.6) is 0 Å². The molecule has 3 nitrogen and oxygen atoms in total. The number of benzene rings is 2. The van der Waals surface area contributed by atoms with Gasteiger partial charge in [0.15, 0.2) is 0 Å². The van der Waals surface area contributed by atoms with Crippen molar-refractivity contribution in [3.63, 3.8) is 0 Å². The zero-order valence-corrected chi connectivity index (χ0v) is 16.8. The van der Waals surface area contributed by atoms with Gasteiger partial charge in [-0.15, -0.1) is 0 Å². The largest absolute Gasteiger partial charge is 0.342 e. The van der Waals surface area contributed by atoms with Gasteiger partial charge in [0.1, 0.15) is 0 Å². The van der Waals surface area contributed by atoms with E-state index in [1.165, 1.54) is 11.1 Å². The molecule has 0 saturated carbocycles. The van der Waals surface area contributed by atoms with Crippen molar-refractivity contribution >= 4 is 5.91 Å². The second kappa shape index (κ2) is 9.38. The SMILES string of the molecule is O=C([C@@H]1CCCN(Cc2ccccc2)C1)N1CCC(Cc2ccccc2)CC1. The number of carbonyl (C=O) groups is 1. The molecule has 0 aliphatic carbocycles. The Balaban J connectivity index is 1.26. The van der Waals surface area contributed by atoms with E-state index in [1.54, 1.807) is 0 Å². The summed E-state index contributed by atoms with van der Waals surface area (Å²) in [4.78, 5) is 17.7. The predicted molar refractivity (Wildman–Crippen MR) is 114 cm³/mol. The van der Waals surface area contributed by atoms with Crippen molar-refractivity contribution in [3.05, 3.63) is 71.8 Å². The van der Waals surface area contributed by atoms with Crippen molar-refractivity contribution in [2.24, 2.45) is 11.8 Å². The van der Waals surface area contributed by atoms with Gasteiger partial charge in [-0.3, -0.25) is 9.69 Å². The first kappa shape index (κ1) is 19.2. The molecule has 3 heteroatoms. The fourth-order valence-corrected chi connectivity index (χ4v) is 4.81. The first-order valence-corrected chi connectivity index (χ1v) is 10.9. The lowest BCUT2D eigenvalue weighted by molar-refractivity contribution is -0.138. The highest BCUT2D eigenvalue weighted by Crippen LogP contribution is 2.26. The molecular formula is C25H32N2O. The van der Waals surface area contributed by atoms with Gasteiger partial charge in [0.05, 0.1) is 5.92 Å². The number of nitrogens with zero attached hydrogens (tertiary/aromatic N) is 2. The van der Waals surface area contributed by atoms with Crippen LogP contribution in [0.25, 0.3) is 0 Å². The molecule has 2 aliphatic heterocycles. The summed E-state index contributed by atoms with van der Waals surface area (Å²) in [5.74, 6) is 1.30. The molecular weight excluding hydrogens is 344 g/mol. The molecule has 2 aromatic carbocycles. The quantitative estimate of drug-likeness (QED) is 0.773. The van der Waals surface area contributed by atoms with E-state index >= 15 is 0 Å². The van der Waals surface area contributed by atoms with Gasteiger partial charge >= 0.3 is 0 Å². The Kier molecular flexibility index (Phi) is 6.43. The second-order valence-corrected chi connectivity index (χ2v) is 8.52. The van der Waals surface area contributed by atoms with E-state index in [2.05, 4.69) is 70.5 Å². The van der Waals surface area contributed by atoms with E-state index in [0.29, 0.717) is 11.8 Å². The van der Waals surface area contributed by atoms with E-state index in [4.69, 9.17) is 0 Å². The maximum Gasteiger partial charge on any atom is 0.226 e. The van der Waals surface area contributed by atoms with Gasteiger partial charge in [-0.2, -0.15) is 0 Å². The highest BCUT2D eigenvalue weighted by molar-refractivity contribution is 5.79. The summed E-state index contributed by atoms with van der Waals surface area (Å²) in [6.07, 6.45) is 5.61. The van der Waals surface area contributed by atoms with Crippen LogP contribution in [0.15, 0.2) is 60.7 Å². The Morgan fingerprint density at radius 3 is 2.14 bits per heavy atom. The Morgan fingerprint density at radius 1 is 0.821 bits per heavy atom. The molecule has 2 saturated heterocycles. The lowest BCUT2D eigenvalue weighted by Crippen LogP contribution is -2.47. The molecule has 148 valence electrons. The lowest BCUT2D eigenvalue weighted by Gasteiger charge is -2.38. The van der Waals surface area contributed by atoms with Crippen LogP contribution >= 0.6 is 0 Å². The van der Waals surface area contributed by atoms with Gasteiger partial charge in [-0.05, 0) is 55.7 Å². The van der Waals surface area contributed by atoms with Crippen LogP contribution in [0.1, 0.15) is 36.8 Å². The zero-order chi connectivity index (χ0) is 19.2. The average Bonchev–Trinajstić information content (AvgIpc) is 2.75. The summed E-state index contributed by atoms with van der Waals surface area (Å²) >= 11 is 0.